The largest absolute Gasteiger partial charge is 0.492 e. The van der Waals surface area contributed by atoms with Crippen LogP contribution in [0.5, 0.6) is 5.75 Å². The van der Waals surface area contributed by atoms with E-state index in [1.165, 1.54) is 12.0 Å². The molecule has 0 aliphatic rings. The Hall–Kier alpha value is -2.81. The molecule has 1 aromatic carbocycles. The number of amides is 1. The zero-order valence-corrected chi connectivity index (χ0v) is 22.0. The van der Waals surface area contributed by atoms with Gasteiger partial charge in [-0.15, -0.1) is 0 Å². The number of anilines is 1. The number of carbonyl (C=O) groups is 2. The molecule has 33 heavy (non-hydrogen) atoms. The van der Waals surface area contributed by atoms with Crippen LogP contribution in [-0.2, 0) is 10.2 Å². The molecule has 8 nitrogen and oxygen atoms in total. The summed E-state index contributed by atoms with van der Waals surface area (Å²) >= 11 is 3.59. The number of hydrogen-bond donors (Lipinski definition) is 1. The van der Waals surface area contributed by atoms with Crippen molar-refractivity contribution in [3.63, 3.8) is 0 Å². The molecule has 0 radical (unpaired) electrons. The highest BCUT2D eigenvalue weighted by Gasteiger charge is 2.30. The molecule has 3 aromatic rings. The first-order valence-corrected chi connectivity index (χ1v) is 11.3. The predicted molar refractivity (Wildman–Crippen MR) is 133 cm³/mol. The number of ether oxygens (including phenoxy) is 2. The lowest BCUT2D eigenvalue weighted by Crippen LogP contribution is -2.34. The molecule has 0 saturated heterocycles. The Morgan fingerprint density at radius 1 is 1.15 bits per heavy atom. The van der Waals surface area contributed by atoms with Crippen molar-refractivity contribution < 1.29 is 24.2 Å². The van der Waals surface area contributed by atoms with Crippen LogP contribution in [0, 0.1) is 6.92 Å². The van der Waals surface area contributed by atoms with E-state index in [9.17, 15) is 14.7 Å². The molecule has 0 fully saturated rings. The van der Waals surface area contributed by atoms with Gasteiger partial charge < -0.3 is 14.6 Å². The second kappa shape index (κ2) is 8.20. The van der Waals surface area contributed by atoms with Crippen molar-refractivity contribution in [2.45, 2.75) is 59.5 Å². The minimum absolute atomic E-state index is 0.233. The van der Waals surface area contributed by atoms with E-state index in [0.29, 0.717) is 32.1 Å². The first kappa shape index (κ1) is 24.8. The van der Waals surface area contributed by atoms with Crippen LogP contribution in [0.15, 0.2) is 16.6 Å². The summed E-state index contributed by atoms with van der Waals surface area (Å²) < 4.78 is 12.9. The van der Waals surface area contributed by atoms with Crippen LogP contribution in [0.2, 0.25) is 0 Å². The minimum atomic E-state index is -1.20. The molecule has 178 valence electrons. The zero-order valence-electron chi connectivity index (χ0n) is 20.5. The van der Waals surface area contributed by atoms with Crippen molar-refractivity contribution in [3.05, 3.63) is 27.9 Å². The maximum atomic E-state index is 12.8. The molecule has 9 heteroatoms. The lowest BCUT2D eigenvalue weighted by Gasteiger charge is -2.26. The number of pyridine rings is 1. The highest BCUT2D eigenvalue weighted by Crippen LogP contribution is 2.45. The zero-order chi connectivity index (χ0) is 25.0. The van der Waals surface area contributed by atoms with E-state index in [-0.39, 0.29) is 11.2 Å². The topological polar surface area (TPSA) is 93.9 Å². The number of nitrogens with zero attached hydrogens (tertiary/aromatic N) is 3. The van der Waals surface area contributed by atoms with E-state index >= 15 is 0 Å². The molecule has 2 aromatic heterocycles. The van der Waals surface area contributed by atoms with Crippen molar-refractivity contribution in [3.8, 4) is 5.75 Å². The number of carboxylic acid groups (broad SMARTS) is 1. The number of benzene rings is 1. The fourth-order valence-electron chi connectivity index (χ4n) is 3.96. The summed E-state index contributed by atoms with van der Waals surface area (Å²) in [5.74, 6) is 0.233. The summed E-state index contributed by atoms with van der Waals surface area (Å²) in [5, 5.41) is 11.5. The Labute approximate surface area is 201 Å². The lowest BCUT2D eigenvalue weighted by molar-refractivity contribution is 0.0588. The number of fused-ring (bicyclic) bond motifs is 3. The fraction of sp³-hybridized carbons (Fsp3) is 0.458. The first-order valence-electron chi connectivity index (χ1n) is 10.5. The lowest BCUT2D eigenvalue weighted by atomic mass is 9.88. The minimum Gasteiger partial charge on any atom is -0.492 e. The van der Waals surface area contributed by atoms with Crippen molar-refractivity contribution in [2.24, 2.45) is 0 Å². The molecular weight excluding hydrogens is 490 g/mol. The van der Waals surface area contributed by atoms with Crippen molar-refractivity contribution in [1.82, 2.24) is 9.55 Å². The number of aryl methyl sites for hydroxylation is 1. The quantitative estimate of drug-likeness (QED) is 0.417. The van der Waals surface area contributed by atoms with Gasteiger partial charge in [0.2, 0.25) is 0 Å². The Morgan fingerprint density at radius 2 is 1.76 bits per heavy atom. The van der Waals surface area contributed by atoms with Crippen LogP contribution in [0.4, 0.5) is 15.3 Å². The van der Waals surface area contributed by atoms with Gasteiger partial charge in [-0.2, -0.15) is 0 Å². The molecule has 0 aliphatic carbocycles. The van der Waals surface area contributed by atoms with Crippen molar-refractivity contribution in [1.29, 1.82) is 0 Å². The number of carbonyl (C=O) groups excluding carboxylic acids is 1. The third kappa shape index (κ3) is 4.38. The van der Waals surface area contributed by atoms with Crippen LogP contribution < -0.4 is 9.64 Å². The van der Waals surface area contributed by atoms with Crippen LogP contribution in [0.1, 0.15) is 52.8 Å². The second-order valence-corrected chi connectivity index (χ2v) is 10.9. The van der Waals surface area contributed by atoms with Crippen LogP contribution in [0.25, 0.3) is 21.9 Å². The summed E-state index contributed by atoms with van der Waals surface area (Å²) in [5.41, 5.74) is 1.77. The second-order valence-electron chi connectivity index (χ2n) is 10.1. The maximum absolute atomic E-state index is 12.8. The molecule has 0 atom stereocenters. The van der Waals surface area contributed by atoms with Crippen LogP contribution >= 0.6 is 15.9 Å². The molecule has 1 amide bonds. The van der Waals surface area contributed by atoms with E-state index in [1.54, 1.807) is 33.9 Å². The number of halogens is 1. The SMILES string of the molecule is COc1c(N(C)C(=O)OC(C)(C)C)cc(Br)c2c3cc(C)c(C(C)(C)C)nc3n(C(=O)O)c12. The molecule has 0 bridgehead atoms. The van der Waals surface area contributed by atoms with E-state index in [0.717, 1.165) is 15.8 Å². The van der Waals surface area contributed by atoms with Gasteiger partial charge in [0, 0.05) is 27.7 Å². The summed E-state index contributed by atoms with van der Waals surface area (Å²) in [6, 6.07) is 3.68. The summed E-state index contributed by atoms with van der Waals surface area (Å²) in [6.45, 7) is 13.4. The average Bonchev–Trinajstić information content (AvgIpc) is 2.99. The Balaban J connectivity index is 2.45. The van der Waals surface area contributed by atoms with Crippen LogP contribution in [-0.4, -0.2) is 46.6 Å². The molecule has 0 aliphatic heterocycles. The van der Waals surface area contributed by atoms with Gasteiger partial charge in [0.25, 0.3) is 0 Å². The number of aromatic nitrogens is 2. The summed E-state index contributed by atoms with van der Waals surface area (Å²) in [4.78, 5) is 31.3. The Morgan fingerprint density at radius 3 is 2.24 bits per heavy atom. The van der Waals surface area contributed by atoms with Gasteiger partial charge in [0.1, 0.15) is 11.1 Å². The highest BCUT2D eigenvalue weighted by atomic mass is 79.9. The van der Waals surface area contributed by atoms with Crippen molar-refractivity contribution >= 4 is 55.7 Å². The fourth-order valence-corrected chi connectivity index (χ4v) is 4.58. The maximum Gasteiger partial charge on any atom is 0.417 e. The third-order valence-electron chi connectivity index (χ3n) is 5.22. The van der Waals surface area contributed by atoms with Crippen molar-refractivity contribution in [2.75, 3.05) is 19.1 Å². The molecular formula is C24H30BrN3O5. The van der Waals surface area contributed by atoms with Gasteiger partial charge in [-0.25, -0.2) is 19.1 Å². The van der Waals surface area contributed by atoms with Crippen LogP contribution in [0.3, 0.4) is 0 Å². The van der Waals surface area contributed by atoms with Gasteiger partial charge in [-0.3, -0.25) is 4.90 Å². The van der Waals surface area contributed by atoms with E-state index in [1.807, 2.05) is 33.8 Å². The molecule has 0 saturated carbocycles. The predicted octanol–water partition coefficient (Wildman–Crippen LogP) is 6.46. The van der Waals surface area contributed by atoms with E-state index in [4.69, 9.17) is 14.5 Å². The van der Waals surface area contributed by atoms with Gasteiger partial charge in [-0.05, 0) is 61.3 Å². The highest BCUT2D eigenvalue weighted by molar-refractivity contribution is 9.10. The Bertz CT molecular complexity index is 1280. The monoisotopic (exact) mass is 519 g/mol. The molecule has 2 heterocycles. The molecule has 0 unspecified atom stereocenters. The average molecular weight is 520 g/mol. The Kier molecular flexibility index (Phi) is 6.17. The number of methoxy groups -OCH3 is 1. The van der Waals surface area contributed by atoms with Gasteiger partial charge in [-0.1, -0.05) is 20.8 Å². The normalized spacial score (nSPS) is 12.3. The standard InChI is InChI=1S/C24H30BrN3O5/c1-12-10-13-16-14(25)11-15(27(8)22(31)33-24(5,6)7)18(32-9)17(16)28(21(29)30)20(13)26-19(12)23(2,3)4/h10-11H,1-9H3,(H,29,30). The van der Waals surface area contributed by atoms with E-state index < -0.39 is 17.8 Å². The molecule has 0 spiro atoms. The summed E-state index contributed by atoms with van der Waals surface area (Å²) in [7, 11) is 3.00. The summed E-state index contributed by atoms with van der Waals surface area (Å²) in [6.07, 6.45) is -1.79. The third-order valence-corrected chi connectivity index (χ3v) is 5.84. The van der Waals surface area contributed by atoms with E-state index in [2.05, 4.69) is 15.9 Å². The molecule has 1 N–H and O–H groups in total. The number of hydrogen-bond acceptors (Lipinski definition) is 5. The number of rotatable bonds is 2. The smallest absolute Gasteiger partial charge is 0.417 e. The molecule has 3 rings (SSSR count). The van der Waals surface area contributed by atoms with Gasteiger partial charge >= 0.3 is 12.2 Å². The first-order chi connectivity index (χ1) is 15.1. The van der Waals surface area contributed by atoms with Gasteiger partial charge in [0.15, 0.2) is 11.4 Å². The van der Waals surface area contributed by atoms with Gasteiger partial charge in [0.05, 0.1) is 18.5 Å².